The smallest absolute Gasteiger partial charge is 0.154 e. The quantitative estimate of drug-likeness (QED) is 0.846. The fourth-order valence-corrected chi connectivity index (χ4v) is 1.45. The van der Waals surface area contributed by atoms with Gasteiger partial charge in [0.05, 0.1) is 11.9 Å². The predicted molar refractivity (Wildman–Crippen MR) is 66.7 cm³/mol. The SMILES string of the molecule is Cn1cnnc1Cn1cc(CNC(C)(C)C)nn1. The van der Waals surface area contributed by atoms with Crippen LogP contribution in [0.5, 0.6) is 0 Å². The maximum absolute atomic E-state index is 4.12. The summed E-state index contributed by atoms with van der Waals surface area (Å²) in [5.74, 6) is 0.857. The summed E-state index contributed by atoms with van der Waals surface area (Å²) in [6.45, 7) is 7.66. The summed E-state index contributed by atoms with van der Waals surface area (Å²) >= 11 is 0. The number of aromatic nitrogens is 6. The Hall–Kier alpha value is -1.76. The normalized spacial score (nSPS) is 12.0. The molecule has 0 unspecified atom stereocenters. The highest BCUT2D eigenvalue weighted by atomic mass is 15.4. The van der Waals surface area contributed by atoms with Crippen molar-refractivity contribution >= 4 is 0 Å². The maximum atomic E-state index is 4.12. The van der Waals surface area contributed by atoms with Gasteiger partial charge in [0, 0.05) is 19.1 Å². The van der Waals surface area contributed by atoms with Crippen LogP contribution in [-0.2, 0) is 20.1 Å². The molecule has 0 saturated carbocycles. The van der Waals surface area contributed by atoms with Crippen molar-refractivity contribution in [3.63, 3.8) is 0 Å². The van der Waals surface area contributed by atoms with Crippen LogP contribution in [-0.4, -0.2) is 35.3 Å². The Labute approximate surface area is 106 Å². The van der Waals surface area contributed by atoms with E-state index in [1.165, 1.54) is 0 Å². The van der Waals surface area contributed by atoms with E-state index >= 15 is 0 Å². The second-order valence-corrected chi connectivity index (χ2v) is 5.37. The van der Waals surface area contributed by atoms with Crippen LogP contribution < -0.4 is 5.32 Å². The van der Waals surface area contributed by atoms with E-state index in [-0.39, 0.29) is 5.54 Å². The lowest BCUT2D eigenvalue weighted by Gasteiger charge is -2.19. The van der Waals surface area contributed by atoms with Gasteiger partial charge in [0.2, 0.25) is 0 Å². The first-order valence-corrected chi connectivity index (χ1v) is 5.91. The third-order valence-electron chi connectivity index (χ3n) is 2.49. The molecule has 18 heavy (non-hydrogen) atoms. The molecule has 7 nitrogen and oxygen atoms in total. The van der Waals surface area contributed by atoms with E-state index in [4.69, 9.17) is 0 Å². The Bertz CT molecular complexity index is 505. The van der Waals surface area contributed by atoms with Crippen LogP contribution in [0.3, 0.4) is 0 Å². The van der Waals surface area contributed by atoms with Gasteiger partial charge >= 0.3 is 0 Å². The summed E-state index contributed by atoms with van der Waals surface area (Å²) in [5.41, 5.74) is 1.000. The number of nitrogens with one attached hydrogen (secondary N) is 1. The van der Waals surface area contributed by atoms with Gasteiger partial charge in [-0.2, -0.15) is 0 Å². The van der Waals surface area contributed by atoms with Crippen LogP contribution in [0.25, 0.3) is 0 Å². The van der Waals surface area contributed by atoms with Gasteiger partial charge < -0.3 is 9.88 Å². The molecule has 98 valence electrons. The number of rotatable bonds is 4. The molecular weight excluding hydrogens is 230 g/mol. The molecule has 0 fully saturated rings. The largest absolute Gasteiger partial charge is 0.319 e. The molecule has 0 spiro atoms. The predicted octanol–water partition coefficient (Wildman–Crippen LogP) is 0.343. The van der Waals surface area contributed by atoms with Gasteiger partial charge in [0.15, 0.2) is 5.82 Å². The fraction of sp³-hybridized carbons (Fsp3) is 0.636. The van der Waals surface area contributed by atoms with Crippen molar-refractivity contribution in [1.82, 2.24) is 35.1 Å². The minimum atomic E-state index is 0.0768. The summed E-state index contributed by atoms with van der Waals surface area (Å²) in [4.78, 5) is 0. The molecule has 2 heterocycles. The minimum absolute atomic E-state index is 0.0768. The summed E-state index contributed by atoms with van der Waals surface area (Å²) in [5, 5.41) is 19.4. The lowest BCUT2D eigenvalue weighted by atomic mass is 10.1. The van der Waals surface area contributed by atoms with Gasteiger partial charge in [0.1, 0.15) is 12.9 Å². The van der Waals surface area contributed by atoms with E-state index in [0.29, 0.717) is 13.1 Å². The zero-order valence-corrected chi connectivity index (χ0v) is 11.3. The van der Waals surface area contributed by atoms with Crippen molar-refractivity contribution in [2.24, 2.45) is 7.05 Å². The first-order chi connectivity index (χ1) is 8.44. The average molecular weight is 249 g/mol. The van der Waals surface area contributed by atoms with Crippen LogP contribution in [0.15, 0.2) is 12.5 Å². The Morgan fingerprint density at radius 3 is 2.67 bits per heavy atom. The third kappa shape index (κ3) is 3.36. The zero-order valence-electron chi connectivity index (χ0n) is 11.3. The molecule has 0 aliphatic carbocycles. The summed E-state index contributed by atoms with van der Waals surface area (Å²) in [7, 11) is 1.91. The van der Waals surface area contributed by atoms with Crippen LogP contribution >= 0.6 is 0 Å². The van der Waals surface area contributed by atoms with Crippen molar-refractivity contribution in [2.75, 3.05) is 0 Å². The highest BCUT2D eigenvalue weighted by Crippen LogP contribution is 2.02. The van der Waals surface area contributed by atoms with Crippen molar-refractivity contribution in [1.29, 1.82) is 0 Å². The summed E-state index contributed by atoms with van der Waals surface area (Å²) in [6, 6.07) is 0. The molecule has 0 aliphatic rings. The summed E-state index contributed by atoms with van der Waals surface area (Å²) < 4.78 is 3.64. The fourth-order valence-electron chi connectivity index (χ4n) is 1.45. The Morgan fingerprint density at radius 1 is 1.28 bits per heavy atom. The van der Waals surface area contributed by atoms with Crippen LogP contribution in [0.1, 0.15) is 32.3 Å². The van der Waals surface area contributed by atoms with Gasteiger partial charge in [0.25, 0.3) is 0 Å². The lowest BCUT2D eigenvalue weighted by molar-refractivity contribution is 0.421. The van der Waals surface area contributed by atoms with Gasteiger partial charge in [-0.3, -0.25) is 0 Å². The first kappa shape index (κ1) is 12.7. The average Bonchev–Trinajstić information content (AvgIpc) is 2.86. The molecule has 0 aliphatic heterocycles. The molecule has 0 radical (unpaired) electrons. The van der Waals surface area contributed by atoms with Crippen molar-refractivity contribution in [3.05, 3.63) is 24.0 Å². The number of hydrogen-bond acceptors (Lipinski definition) is 5. The van der Waals surface area contributed by atoms with Crippen LogP contribution in [0, 0.1) is 0 Å². The van der Waals surface area contributed by atoms with Crippen LogP contribution in [0.2, 0.25) is 0 Å². The number of nitrogens with zero attached hydrogens (tertiary/aromatic N) is 6. The molecule has 0 atom stereocenters. The van der Waals surface area contributed by atoms with Crippen molar-refractivity contribution in [2.45, 2.75) is 39.4 Å². The van der Waals surface area contributed by atoms with E-state index in [0.717, 1.165) is 11.5 Å². The molecule has 7 heteroatoms. The first-order valence-electron chi connectivity index (χ1n) is 5.91. The van der Waals surface area contributed by atoms with Gasteiger partial charge in [-0.15, -0.1) is 15.3 Å². The second kappa shape index (κ2) is 4.85. The van der Waals surface area contributed by atoms with E-state index in [9.17, 15) is 0 Å². The van der Waals surface area contributed by atoms with Crippen molar-refractivity contribution in [3.8, 4) is 0 Å². The Balaban J connectivity index is 1.96. The monoisotopic (exact) mass is 249 g/mol. The number of hydrogen-bond donors (Lipinski definition) is 1. The topological polar surface area (TPSA) is 73.5 Å². The van der Waals surface area contributed by atoms with E-state index in [2.05, 4.69) is 46.6 Å². The lowest BCUT2D eigenvalue weighted by Crippen LogP contribution is -2.35. The summed E-state index contributed by atoms with van der Waals surface area (Å²) in [6.07, 6.45) is 3.60. The molecule has 2 rings (SSSR count). The molecule has 0 saturated heterocycles. The molecule has 1 N–H and O–H groups in total. The standard InChI is InChI=1S/C11H19N7/c1-11(2,3)12-5-9-6-18(16-14-9)7-10-15-13-8-17(10)4/h6,8,12H,5,7H2,1-4H3. The number of aryl methyl sites for hydroxylation is 1. The molecule has 0 amide bonds. The highest BCUT2D eigenvalue weighted by molar-refractivity contribution is 4.95. The molecular formula is C11H19N7. The molecule has 2 aromatic heterocycles. The molecule has 2 aromatic rings. The van der Waals surface area contributed by atoms with Gasteiger partial charge in [-0.25, -0.2) is 4.68 Å². The Morgan fingerprint density at radius 2 is 2.06 bits per heavy atom. The Kier molecular flexibility index (Phi) is 3.42. The second-order valence-electron chi connectivity index (χ2n) is 5.37. The van der Waals surface area contributed by atoms with Crippen molar-refractivity contribution < 1.29 is 0 Å². The zero-order chi connectivity index (χ0) is 13.2. The van der Waals surface area contributed by atoms with Gasteiger partial charge in [-0.1, -0.05) is 5.21 Å². The van der Waals surface area contributed by atoms with Gasteiger partial charge in [-0.05, 0) is 20.8 Å². The maximum Gasteiger partial charge on any atom is 0.154 e. The highest BCUT2D eigenvalue weighted by Gasteiger charge is 2.10. The molecule has 0 bridgehead atoms. The van der Waals surface area contributed by atoms with Crippen LogP contribution in [0.4, 0.5) is 0 Å². The third-order valence-corrected chi connectivity index (χ3v) is 2.49. The van der Waals surface area contributed by atoms with E-state index in [1.54, 1.807) is 11.0 Å². The molecule has 0 aromatic carbocycles. The minimum Gasteiger partial charge on any atom is -0.319 e. The van der Waals surface area contributed by atoms with E-state index < -0.39 is 0 Å². The van der Waals surface area contributed by atoms with E-state index in [1.807, 2.05) is 17.8 Å².